The van der Waals surface area contributed by atoms with Gasteiger partial charge in [0.1, 0.15) is 0 Å². The molecule has 16 heteroatoms. The Morgan fingerprint density at radius 2 is 0.429 bits per heavy atom. The Bertz CT molecular complexity index is 1010. The Hall–Kier alpha value is -3.34. The Morgan fingerprint density at radius 1 is 0.262 bits per heavy atom. The summed E-state index contributed by atoms with van der Waals surface area (Å²) in [4.78, 5) is 42.8. The van der Waals surface area contributed by atoms with E-state index in [1.165, 1.54) is 0 Å². The fourth-order valence-electron chi connectivity index (χ4n) is 5.70. The topological polar surface area (TPSA) is 134 Å². The summed E-state index contributed by atoms with van der Waals surface area (Å²) in [7, 11) is 0. The highest BCUT2D eigenvalue weighted by atomic mass is 16.5. The first-order valence-corrected chi connectivity index (χ1v) is 15.1. The molecule has 16 nitrogen and oxygen atoms in total. The fourth-order valence-corrected chi connectivity index (χ4v) is 5.70. The third-order valence-corrected chi connectivity index (χ3v) is 8.22. The van der Waals surface area contributed by atoms with Gasteiger partial charge in [0.15, 0.2) is 0 Å². The van der Waals surface area contributed by atoms with Crippen LogP contribution in [0.4, 0.5) is 35.7 Å². The zero-order chi connectivity index (χ0) is 28.1. The molecule has 0 unspecified atom stereocenters. The summed E-state index contributed by atoms with van der Waals surface area (Å²) < 4.78 is 22.3. The van der Waals surface area contributed by atoms with Crippen LogP contribution < -0.4 is 29.4 Å². The molecule has 0 N–H and O–H groups in total. The van der Waals surface area contributed by atoms with Gasteiger partial charge in [0.05, 0.1) is 52.9 Å². The quantitative estimate of drug-likeness (QED) is 0.399. The van der Waals surface area contributed by atoms with Gasteiger partial charge in [-0.15, -0.1) is 0 Å². The Labute approximate surface area is 245 Å². The number of piperazine rings is 1. The van der Waals surface area contributed by atoms with Crippen LogP contribution in [-0.2, 0) is 18.9 Å². The molecule has 0 saturated carbocycles. The first-order valence-electron chi connectivity index (χ1n) is 15.1. The van der Waals surface area contributed by atoms with E-state index in [1.54, 1.807) is 0 Å². The number of aromatic nitrogens is 6. The number of nitrogens with zero attached hydrogens (tertiary/aromatic N) is 12. The van der Waals surface area contributed by atoms with Crippen LogP contribution in [-0.4, -0.2) is 161 Å². The smallest absolute Gasteiger partial charge is 0.232 e. The van der Waals surface area contributed by atoms with E-state index in [2.05, 4.69) is 29.4 Å². The molecule has 5 fully saturated rings. The molecule has 2 aromatic rings. The van der Waals surface area contributed by atoms with Crippen molar-refractivity contribution in [2.75, 3.05) is 161 Å². The molecule has 5 saturated heterocycles. The minimum absolute atomic E-state index is 0.678. The molecule has 2 aromatic heterocycles. The maximum Gasteiger partial charge on any atom is 0.232 e. The van der Waals surface area contributed by atoms with Gasteiger partial charge < -0.3 is 48.3 Å². The van der Waals surface area contributed by atoms with Gasteiger partial charge in [-0.1, -0.05) is 0 Å². The molecule has 0 bridgehead atoms. The number of hydrogen-bond donors (Lipinski definition) is 0. The van der Waals surface area contributed by atoms with Crippen LogP contribution in [0.3, 0.4) is 0 Å². The highest BCUT2D eigenvalue weighted by Crippen LogP contribution is 2.25. The monoisotopic (exact) mass is 584 g/mol. The summed E-state index contributed by atoms with van der Waals surface area (Å²) in [6.07, 6.45) is 0. The van der Waals surface area contributed by atoms with E-state index in [0.717, 1.165) is 102 Å². The van der Waals surface area contributed by atoms with Crippen LogP contribution in [0.2, 0.25) is 0 Å². The van der Waals surface area contributed by atoms with E-state index in [-0.39, 0.29) is 0 Å². The maximum absolute atomic E-state index is 5.57. The average molecular weight is 585 g/mol. The van der Waals surface area contributed by atoms with Crippen molar-refractivity contribution in [1.82, 2.24) is 29.9 Å². The van der Waals surface area contributed by atoms with Crippen LogP contribution in [0, 0.1) is 0 Å². The molecule has 0 aromatic carbocycles. The van der Waals surface area contributed by atoms with Crippen molar-refractivity contribution in [3.8, 4) is 0 Å². The SMILES string of the molecule is C1CN(c2nc(N3CCOCC3)nc(N3CCN(c4nc(N5CCOCC5)nc(N5CCOCC5)n4)CC3)n2)CCO1. The van der Waals surface area contributed by atoms with Crippen molar-refractivity contribution in [3.63, 3.8) is 0 Å². The summed E-state index contributed by atoms with van der Waals surface area (Å²) in [6.45, 7) is 14.6. The van der Waals surface area contributed by atoms with E-state index >= 15 is 0 Å². The molecule has 7 heterocycles. The van der Waals surface area contributed by atoms with Gasteiger partial charge >= 0.3 is 0 Å². The lowest BCUT2D eigenvalue weighted by Gasteiger charge is -2.37. The second-order valence-electron chi connectivity index (χ2n) is 10.8. The minimum atomic E-state index is 0.678. The lowest BCUT2D eigenvalue weighted by molar-refractivity contribution is 0.121. The van der Waals surface area contributed by atoms with E-state index in [9.17, 15) is 0 Å². The Balaban J connectivity index is 1.11. The molecule has 42 heavy (non-hydrogen) atoms. The van der Waals surface area contributed by atoms with Crippen LogP contribution >= 0.6 is 0 Å². The number of hydrogen-bond acceptors (Lipinski definition) is 16. The zero-order valence-corrected chi connectivity index (χ0v) is 24.1. The molecule has 0 amide bonds. The summed E-state index contributed by atoms with van der Waals surface area (Å²) in [5.41, 5.74) is 0. The predicted octanol–water partition coefficient (Wildman–Crippen LogP) is -1.27. The molecule has 0 aliphatic carbocycles. The number of morpholine rings is 4. The highest BCUT2D eigenvalue weighted by molar-refractivity contribution is 5.50. The fraction of sp³-hybridized carbons (Fsp3) is 0.769. The average Bonchev–Trinajstić information content (AvgIpc) is 3.09. The van der Waals surface area contributed by atoms with Gasteiger partial charge in [-0.05, 0) is 0 Å². The summed E-state index contributed by atoms with van der Waals surface area (Å²) in [5, 5.41) is 0. The van der Waals surface area contributed by atoms with Crippen molar-refractivity contribution in [2.45, 2.75) is 0 Å². The van der Waals surface area contributed by atoms with Gasteiger partial charge in [0.2, 0.25) is 35.7 Å². The number of anilines is 6. The van der Waals surface area contributed by atoms with Crippen molar-refractivity contribution in [3.05, 3.63) is 0 Å². The third-order valence-electron chi connectivity index (χ3n) is 8.22. The predicted molar refractivity (Wildman–Crippen MR) is 156 cm³/mol. The number of rotatable bonds is 6. The summed E-state index contributed by atoms with van der Waals surface area (Å²) in [6, 6.07) is 0. The lowest BCUT2D eigenvalue weighted by atomic mass is 10.3. The number of ether oxygens (including phenoxy) is 4. The second kappa shape index (κ2) is 12.9. The van der Waals surface area contributed by atoms with Gasteiger partial charge in [0.25, 0.3) is 0 Å². The van der Waals surface area contributed by atoms with Crippen molar-refractivity contribution < 1.29 is 18.9 Å². The Kier molecular flexibility index (Phi) is 8.44. The Morgan fingerprint density at radius 3 is 0.619 bits per heavy atom. The third kappa shape index (κ3) is 6.21. The second-order valence-corrected chi connectivity index (χ2v) is 10.8. The van der Waals surface area contributed by atoms with Crippen LogP contribution in [0.5, 0.6) is 0 Å². The molecule has 5 aliphatic rings. The van der Waals surface area contributed by atoms with Crippen molar-refractivity contribution in [2.24, 2.45) is 0 Å². The van der Waals surface area contributed by atoms with E-state index < -0.39 is 0 Å². The largest absolute Gasteiger partial charge is 0.378 e. The standard InChI is InChI=1S/C26H40N12O4/c1-2-34(22-29-25(37-9-17-41-18-10-37)32-26(30-22)38-11-19-42-20-12-38)4-3-33(1)21-27-23(35-5-13-39-14-6-35)31-24(28-21)36-7-15-40-16-8-36/h1-20H2. The van der Waals surface area contributed by atoms with E-state index in [0.29, 0.717) is 64.8 Å². The molecule has 0 spiro atoms. The van der Waals surface area contributed by atoms with Crippen LogP contribution in [0.1, 0.15) is 0 Å². The molecule has 7 rings (SSSR count). The van der Waals surface area contributed by atoms with E-state index in [1.807, 2.05) is 0 Å². The lowest BCUT2D eigenvalue weighted by Crippen LogP contribution is -2.48. The first kappa shape index (κ1) is 27.5. The van der Waals surface area contributed by atoms with Crippen LogP contribution in [0.25, 0.3) is 0 Å². The highest BCUT2D eigenvalue weighted by Gasteiger charge is 2.28. The van der Waals surface area contributed by atoms with Crippen molar-refractivity contribution in [1.29, 1.82) is 0 Å². The normalized spacial score (nSPS) is 22.6. The van der Waals surface area contributed by atoms with Crippen molar-refractivity contribution >= 4 is 35.7 Å². The van der Waals surface area contributed by atoms with Gasteiger partial charge in [-0.2, -0.15) is 29.9 Å². The molecule has 0 atom stereocenters. The maximum atomic E-state index is 5.57. The van der Waals surface area contributed by atoms with Crippen LogP contribution in [0.15, 0.2) is 0 Å². The van der Waals surface area contributed by atoms with E-state index in [4.69, 9.17) is 48.9 Å². The van der Waals surface area contributed by atoms with Gasteiger partial charge in [-0.3, -0.25) is 0 Å². The molecule has 0 radical (unpaired) electrons. The molecular weight excluding hydrogens is 544 g/mol. The minimum Gasteiger partial charge on any atom is -0.378 e. The summed E-state index contributed by atoms with van der Waals surface area (Å²) >= 11 is 0. The summed E-state index contributed by atoms with van der Waals surface area (Å²) in [5.74, 6) is 4.30. The molecular formula is C26H40N12O4. The first-order chi connectivity index (χ1) is 20.8. The zero-order valence-electron chi connectivity index (χ0n) is 24.1. The van der Waals surface area contributed by atoms with Gasteiger partial charge in [-0.25, -0.2) is 0 Å². The van der Waals surface area contributed by atoms with Gasteiger partial charge in [0, 0.05) is 78.5 Å². The molecule has 228 valence electrons. The molecule has 5 aliphatic heterocycles.